The molecule has 1 heterocycles. The molecule has 20 heavy (non-hydrogen) atoms. The molecule has 0 aliphatic heterocycles. The third kappa shape index (κ3) is 4.51. The van der Waals surface area contributed by atoms with Crippen LogP contribution in [0, 0.1) is 0 Å². The van der Waals surface area contributed by atoms with Crippen molar-refractivity contribution in [1.82, 2.24) is 9.88 Å². The Kier molecular flexibility index (Phi) is 4.98. The highest BCUT2D eigenvalue weighted by atomic mass is 32.1. The molecule has 4 nitrogen and oxygen atoms in total. The molecular formula is C15H21N3OS. The van der Waals surface area contributed by atoms with Gasteiger partial charge in [0.2, 0.25) is 0 Å². The minimum Gasteiger partial charge on any atom is -0.491 e. The van der Waals surface area contributed by atoms with Crippen molar-refractivity contribution in [1.29, 1.82) is 0 Å². The molecule has 0 saturated heterocycles. The van der Waals surface area contributed by atoms with Crippen LogP contribution in [0.3, 0.4) is 0 Å². The van der Waals surface area contributed by atoms with Crippen LogP contribution in [-0.4, -0.2) is 23.0 Å². The summed E-state index contributed by atoms with van der Waals surface area (Å²) in [5.41, 5.74) is 6.88. The molecule has 0 spiro atoms. The first-order chi connectivity index (χ1) is 9.52. The van der Waals surface area contributed by atoms with Gasteiger partial charge in [0.15, 0.2) is 5.13 Å². The highest BCUT2D eigenvalue weighted by Gasteiger charge is 2.06. The summed E-state index contributed by atoms with van der Waals surface area (Å²) < 4.78 is 5.72. The van der Waals surface area contributed by atoms with Crippen molar-refractivity contribution in [2.45, 2.75) is 33.0 Å². The van der Waals surface area contributed by atoms with Crippen LogP contribution < -0.4 is 10.5 Å². The molecule has 1 aromatic heterocycles. The number of anilines is 1. The molecule has 2 aromatic rings. The fourth-order valence-corrected chi connectivity index (χ4v) is 2.78. The quantitative estimate of drug-likeness (QED) is 0.888. The molecule has 0 aliphatic carbocycles. The van der Waals surface area contributed by atoms with Crippen molar-refractivity contribution in [3.63, 3.8) is 0 Å². The normalized spacial score (nSPS) is 11.2. The molecule has 2 N–H and O–H groups in total. The van der Waals surface area contributed by atoms with Crippen molar-refractivity contribution < 1.29 is 4.74 Å². The van der Waals surface area contributed by atoms with Crippen molar-refractivity contribution in [3.05, 3.63) is 40.9 Å². The molecular weight excluding hydrogens is 270 g/mol. The van der Waals surface area contributed by atoms with Crippen molar-refractivity contribution in [2.24, 2.45) is 0 Å². The minimum atomic E-state index is 0.197. The van der Waals surface area contributed by atoms with Gasteiger partial charge in [0.05, 0.1) is 6.10 Å². The fourth-order valence-electron chi connectivity index (χ4n) is 2.02. The standard InChI is InChI=1S/C15H21N3OS/c1-11(2)19-13-6-4-5-12(7-13)9-18(3)10-14-8-17-15(16)20-14/h4-8,11H,9-10H2,1-3H3,(H2,16,17). The first-order valence-corrected chi connectivity index (χ1v) is 7.49. The first-order valence-electron chi connectivity index (χ1n) is 6.67. The van der Waals surface area contributed by atoms with Gasteiger partial charge in [-0.15, -0.1) is 11.3 Å². The summed E-state index contributed by atoms with van der Waals surface area (Å²) in [6.07, 6.45) is 2.04. The number of hydrogen-bond acceptors (Lipinski definition) is 5. The summed E-state index contributed by atoms with van der Waals surface area (Å²) in [6.45, 7) is 5.79. The molecule has 0 saturated carbocycles. The summed E-state index contributed by atoms with van der Waals surface area (Å²) in [4.78, 5) is 7.49. The van der Waals surface area contributed by atoms with Gasteiger partial charge in [-0.1, -0.05) is 12.1 Å². The zero-order valence-electron chi connectivity index (χ0n) is 12.2. The molecule has 2 rings (SSSR count). The third-order valence-electron chi connectivity index (χ3n) is 2.72. The number of aromatic nitrogens is 1. The van der Waals surface area contributed by atoms with Gasteiger partial charge < -0.3 is 10.5 Å². The summed E-state index contributed by atoms with van der Waals surface area (Å²) in [5.74, 6) is 0.924. The lowest BCUT2D eigenvalue weighted by atomic mass is 10.2. The van der Waals surface area contributed by atoms with Crippen LogP contribution in [0.1, 0.15) is 24.3 Å². The predicted octanol–water partition coefficient (Wildman–Crippen LogP) is 3.14. The predicted molar refractivity (Wildman–Crippen MR) is 83.9 cm³/mol. The molecule has 0 bridgehead atoms. The van der Waals surface area contributed by atoms with Crippen LogP contribution in [-0.2, 0) is 13.1 Å². The second-order valence-corrected chi connectivity index (χ2v) is 6.30. The fraction of sp³-hybridized carbons (Fsp3) is 0.400. The molecule has 0 atom stereocenters. The highest BCUT2D eigenvalue weighted by Crippen LogP contribution is 2.19. The zero-order valence-corrected chi connectivity index (χ0v) is 13.0. The maximum atomic E-state index is 5.72. The Morgan fingerprint density at radius 1 is 1.35 bits per heavy atom. The van der Waals surface area contributed by atoms with Crippen LogP contribution in [0.4, 0.5) is 5.13 Å². The summed E-state index contributed by atoms with van der Waals surface area (Å²) in [6, 6.07) is 8.24. The average Bonchev–Trinajstić information content (AvgIpc) is 2.74. The van der Waals surface area contributed by atoms with E-state index >= 15 is 0 Å². The van der Waals surface area contributed by atoms with E-state index in [1.807, 2.05) is 32.2 Å². The van der Waals surface area contributed by atoms with E-state index in [1.54, 1.807) is 0 Å². The number of nitrogen functional groups attached to an aromatic ring is 1. The summed E-state index contributed by atoms with van der Waals surface area (Å²) in [7, 11) is 2.09. The van der Waals surface area contributed by atoms with Crippen molar-refractivity contribution in [3.8, 4) is 5.75 Å². The van der Waals surface area contributed by atoms with E-state index < -0.39 is 0 Å². The van der Waals surface area contributed by atoms with Gasteiger partial charge in [0.25, 0.3) is 0 Å². The van der Waals surface area contributed by atoms with Gasteiger partial charge in [0.1, 0.15) is 5.75 Å². The Morgan fingerprint density at radius 3 is 2.80 bits per heavy atom. The summed E-state index contributed by atoms with van der Waals surface area (Å²) >= 11 is 1.54. The van der Waals surface area contributed by atoms with E-state index in [1.165, 1.54) is 21.8 Å². The largest absolute Gasteiger partial charge is 0.491 e. The van der Waals surface area contributed by atoms with Crippen LogP contribution in [0.15, 0.2) is 30.5 Å². The molecule has 0 fully saturated rings. The molecule has 0 aliphatic rings. The lowest BCUT2D eigenvalue weighted by Gasteiger charge is -2.16. The Bertz CT molecular complexity index is 554. The van der Waals surface area contributed by atoms with Crippen LogP contribution in [0.25, 0.3) is 0 Å². The van der Waals surface area contributed by atoms with Gasteiger partial charge in [-0.2, -0.15) is 0 Å². The molecule has 0 unspecified atom stereocenters. The Morgan fingerprint density at radius 2 is 2.15 bits per heavy atom. The van der Waals surface area contributed by atoms with Gasteiger partial charge in [-0.05, 0) is 38.6 Å². The van der Waals surface area contributed by atoms with Crippen LogP contribution in [0.2, 0.25) is 0 Å². The topological polar surface area (TPSA) is 51.4 Å². The number of nitrogens with two attached hydrogens (primary N) is 1. The summed E-state index contributed by atoms with van der Waals surface area (Å²) in [5, 5.41) is 0.626. The SMILES string of the molecule is CC(C)Oc1cccc(CN(C)Cc2cnc(N)s2)c1. The van der Waals surface area contributed by atoms with Gasteiger partial charge >= 0.3 is 0 Å². The van der Waals surface area contributed by atoms with Gasteiger partial charge in [-0.25, -0.2) is 4.98 Å². The molecule has 0 amide bonds. The monoisotopic (exact) mass is 291 g/mol. The number of rotatable bonds is 6. The maximum absolute atomic E-state index is 5.72. The van der Waals surface area contributed by atoms with E-state index in [2.05, 4.69) is 29.1 Å². The first kappa shape index (κ1) is 14.8. The maximum Gasteiger partial charge on any atom is 0.180 e. The minimum absolute atomic E-state index is 0.197. The number of nitrogens with zero attached hydrogens (tertiary/aromatic N) is 2. The van der Waals surface area contributed by atoms with Crippen LogP contribution in [0.5, 0.6) is 5.75 Å². The number of benzene rings is 1. The molecule has 0 radical (unpaired) electrons. The van der Waals surface area contributed by atoms with Crippen molar-refractivity contribution >= 4 is 16.5 Å². The average molecular weight is 291 g/mol. The molecule has 1 aromatic carbocycles. The Hall–Kier alpha value is -1.59. The van der Waals surface area contributed by atoms with E-state index in [0.29, 0.717) is 5.13 Å². The van der Waals surface area contributed by atoms with Crippen molar-refractivity contribution in [2.75, 3.05) is 12.8 Å². The Balaban J connectivity index is 1.95. The van der Waals surface area contributed by atoms with E-state index in [4.69, 9.17) is 10.5 Å². The lowest BCUT2D eigenvalue weighted by Crippen LogP contribution is -2.16. The number of hydrogen-bond donors (Lipinski definition) is 1. The third-order valence-corrected chi connectivity index (χ3v) is 3.53. The molecule has 108 valence electrons. The number of ether oxygens (including phenoxy) is 1. The van der Waals surface area contributed by atoms with Gasteiger partial charge in [0, 0.05) is 24.2 Å². The van der Waals surface area contributed by atoms with E-state index in [0.717, 1.165) is 18.8 Å². The Labute approximate surface area is 124 Å². The highest BCUT2D eigenvalue weighted by molar-refractivity contribution is 7.15. The van der Waals surface area contributed by atoms with E-state index in [9.17, 15) is 0 Å². The number of thiazole rings is 1. The van der Waals surface area contributed by atoms with E-state index in [-0.39, 0.29) is 6.10 Å². The lowest BCUT2D eigenvalue weighted by molar-refractivity contribution is 0.241. The smallest absolute Gasteiger partial charge is 0.180 e. The molecule has 5 heteroatoms. The second kappa shape index (κ2) is 6.72. The van der Waals surface area contributed by atoms with Crippen LogP contribution >= 0.6 is 11.3 Å². The zero-order chi connectivity index (χ0) is 14.5. The second-order valence-electron chi connectivity index (χ2n) is 5.15. The van der Waals surface area contributed by atoms with Gasteiger partial charge in [-0.3, -0.25) is 4.90 Å².